The lowest BCUT2D eigenvalue weighted by Gasteiger charge is -2.22. The maximum Gasteiger partial charge on any atom is 0.246 e. The molecule has 18 heavy (non-hydrogen) atoms. The van der Waals surface area contributed by atoms with Gasteiger partial charge in [0, 0.05) is 11.6 Å². The summed E-state index contributed by atoms with van der Waals surface area (Å²) in [7, 11) is 0. The molecular formula is C12H13ClN2O3. The van der Waals surface area contributed by atoms with Crippen LogP contribution in [0, 0.1) is 0 Å². The highest BCUT2D eigenvalue weighted by molar-refractivity contribution is 6.31. The minimum atomic E-state index is -0.631. The number of hydrogen-bond acceptors (Lipinski definition) is 3. The molecule has 96 valence electrons. The van der Waals surface area contributed by atoms with Crippen molar-refractivity contribution in [2.45, 2.75) is 12.6 Å². The highest BCUT2D eigenvalue weighted by Gasteiger charge is 2.24. The van der Waals surface area contributed by atoms with Gasteiger partial charge in [-0.15, -0.1) is 0 Å². The molecular weight excluding hydrogens is 256 g/mol. The summed E-state index contributed by atoms with van der Waals surface area (Å²) < 4.78 is 4.99. The lowest BCUT2D eigenvalue weighted by atomic mass is 10.2. The molecule has 1 aromatic carbocycles. The van der Waals surface area contributed by atoms with E-state index in [0.717, 1.165) is 5.56 Å². The summed E-state index contributed by atoms with van der Waals surface area (Å²) >= 11 is 5.97. The Bertz CT molecular complexity index is 464. The molecule has 1 saturated heterocycles. The average Bonchev–Trinajstić information content (AvgIpc) is 2.37. The Morgan fingerprint density at radius 2 is 2.28 bits per heavy atom. The molecule has 1 unspecified atom stereocenters. The van der Waals surface area contributed by atoms with E-state index < -0.39 is 6.04 Å². The van der Waals surface area contributed by atoms with E-state index in [2.05, 4.69) is 10.6 Å². The van der Waals surface area contributed by atoms with Gasteiger partial charge in [0.1, 0.15) is 12.6 Å². The normalized spacial score (nSPS) is 19.2. The van der Waals surface area contributed by atoms with Gasteiger partial charge in [0.25, 0.3) is 0 Å². The smallest absolute Gasteiger partial charge is 0.246 e. The number of carbonyl (C=O) groups is 2. The molecule has 0 radical (unpaired) electrons. The van der Waals surface area contributed by atoms with Gasteiger partial charge < -0.3 is 15.4 Å². The number of ether oxygens (including phenoxy) is 1. The number of hydrogen-bond donors (Lipinski definition) is 2. The molecule has 5 nitrogen and oxygen atoms in total. The summed E-state index contributed by atoms with van der Waals surface area (Å²) in [5.41, 5.74) is 0.829. The van der Waals surface area contributed by atoms with Gasteiger partial charge in [0.05, 0.1) is 6.61 Å². The molecule has 0 aromatic heterocycles. The van der Waals surface area contributed by atoms with Gasteiger partial charge in [-0.05, 0) is 11.6 Å². The Kier molecular flexibility index (Phi) is 4.17. The van der Waals surface area contributed by atoms with Crippen LogP contribution in [0.25, 0.3) is 0 Å². The third-order valence-corrected chi connectivity index (χ3v) is 2.95. The van der Waals surface area contributed by atoms with Crippen molar-refractivity contribution in [3.05, 3.63) is 34.9 Å². The topological polar surface area (TPSA) is 67.4 Å². The summed E-state index contributed by atoms with van der Waals surface area (Å²) in [6, 6.07) is 6.63. The van der Waals surface area contributed by atoms with Crippen LogP contribution in [0.15, 0.2) is 24.3 Å². The van der Waals surface area contributed by atoms with Crippen molar-refractivity contribution in [2.24, 2.45) is 0 Å². The maximum absolute atomic E-state index is 11.8. The molecule has 0 aliphatic carbocycles. The first-order valence-electron chi connectivity index (χ1n) is 5.55. The third-order valence-electron chi connectivity index (χ3n) is 2.58. The van der Waals surface area contributed by atoms with Crippen LogP contribution in [-0.2, 0) is 20.9 Å². The Balaban J connectivity index is 1.88. The van der Waals surface area contributed by atoms with Crippen LogP contribution in [0.5, 0.6) is 0 Å². The molecule has 1 atom stereocenters. The van der Waals surface area contributed by atoms with Crippen molar-refractivity contribution >= 4 is 23.4 Å². The molecule has 2 amide bonds. The van der Waals surface area contributed by atoms with Crippen molar-refractivity contribution in [3.63, 3.8) is 0 Å². The van der Waals surface area contributed by atoms with E-state index in [4.69, 9.17) is 16.3 Å². The molecule has 1 heterocycles. The zero-order valence-electron chi connectivity index (χ0n) is 9.61. The number of benzene rings is 1. The first kappa shape index (κ1) is 12.9. The van der Waals surface area contributed by atoms with Crippen LogP contribution in [0.4, 0.5) is 0 Å². The Labute approximate surface area is 109 Å². The van der Waals surface area contributed by atoms with Gasteiger partial charge in [0.2, 0.25) is 11.8 Å². The standard InChI is InChI=1S/C12H13ClN2O3/c13-9-4-2-1-3-8(9)5-14-12(17)10-6-18-7-11(16)15-10/h1-4,10H,5-7H2,(H,14,17)(H,15,16). The molecule has 1 aliphatic rings. The first-order chi connectivity index (χ1) is 8.66. The van der Waals surface area contributed by atoms with Gasteiger partial charge in [-0.3, -0.25) is 9.59 Å². The number of carbonyl (C=O) groups excluding carboxylic acids is 2. The molecule has 6 heteroatoms. The van der Waals surface area contributed by atoms with Crippen molar-refractivity contribution in [1.29, 1.82) is 0 Å². The van der Waals surface area contributed by atoms with Crippen LogP contribution in [0.1, 0.15) is 5.56 Å². The summed E-state index contributed by atoms with van der Waals surface area (Å²) in [6.45, 7) is 0.527. The van der Waals surface area contributed by atoms with E-state index >= 15 is 0 Å². The monoisotopic (exact) mass is 268 g/mol. The zero-order chi connectivity index (χ0) is 13.0. The van der Waals surface area contributed by atoms with Crippen LogP contribution < -0.4 is 10.6 Å². The fourth-order valence-electron chi connectivity index (χ4n) is 1.64. The van der Waals surface area contributed by atoms with Gasteiger partial charge in [-0.1, -0.05) is 29.8 Å². The van der Waals surface area contributed by atoms with Gasteiger partial charge >= 0.3 is 0 Å². The second kappa shape index (κ2) is 5.84. The van der Waals surface area contributed by atoms with E-state index in [1.807, 2.05) is 18.2 Å². The lowest BCUT2D eigenvalue weighted by Crippen LogP contribution is -2.53. The molecule has 1 fully saturated rings. The molecule has 1 aromatic rings. The van der Waals surface area contributed by atoms with Crippen molar-refractivity contribution < 1.29 is 14.3 Å². The fourth-order valence-corrected chi connectivity index (χ4v) is 1.84. The number of amides is 2. The quantitative estimate of drug-likeness (QED) is 0.838. The summed E-state index contributed by atoms with van der Waals surface area (Å²) in [6.07, 6.45) is 0. The molecule has 0 bridgehead atoms. The zero-order valence-corrected chi connectivity index (χ0v) is 10.4. The SMILES string of the molecule is O=C1COCC(C(=O)NCc2ccccc2Cl)N1. The van der Waals surface area contributed by atoms with Crippen LogP contribution >= 0.6 is 11.6 Å². The number of morpholine rings is 1. The van der Waals surface area contributed by atoms with Crippen molar-refractivity contribution in [3.8, 4) is 0 Å². The highest BCUT2D eigenvalue weighted by Crippen LogP contribution is 2.14. The first-order valence-corrected chi connectivity index (χ1v) is 5.93. The van der Waals surface area contributed by atoms with E-state index in [-0.39, 0.29) is 25.0 Å². The van der Waals surface area contributed by atoms with Crippen molar-refractivity contribution in [1.82, 2.24) is 10.6 Å². The Morgan fingerprint density at radius 3 is 3.00 bits per heavy atom. The molecule has 0 saturated carbocycles. The largest absolute Gasteiger partial charge is 0.369 e. The predicted octanol–water partition coefficient (Wildman–Crippen LogP) is 0.471. The van der Waals surface area contributed by atoms with Crippen molar-refractivity contribution in [2.75, 3.05) is 13.2 Å². The number of rotatable bonds is 3. The second-order valence-electron chi connectivity index (χ2n) is 3.94. The van der Waals surface area contributed by atoms with Gasteiger partial charge in [0.15, 0.2) is 0 Å². The van der Waals surface area contributed by atoms with Gasteiger partial charge in [-0.25, -0.2) is 0 Å². The van der Waals surface area contributed by atoms with E-state index in [1.54, 1.807) is 6.07 Å². The Hall–Kier alpha value is -1.59. The minimum Gasteiger partial charge on any atom is -0.369 e. The summed E-state index contributed by atoms with van der Waals surface area (Å²) in [5.74, 6) is -0.554. The summed E-state index contributed by atoms with van der Waals surface area (Å²) in [4.78, 5) is 22.8. The fraction of sp³-hybridized carbons (Fsp3) is 0.333. The molecule has 2 rings (SSSR count). The average molecular weight is 269 g/mol. The lowest BCUT2D eigenvalue weighted by molar-refractivity contribution is -0.138. The minimum absolute atomic E-state index is 0.00823. The second-order valence-corrected chi connectivity index (χ2v) is 4.35. The van der Waals surface area contributed by atoms with E-state index in [1.165, 1.54) is 0 Å². The van der Waals surface area contributed by atoms with E-state index in [9.17, 15) is 9.59 Å². The number of nitrogens with one attached hydrogen (secondary N) is 2. The van der Waals surface area contributed by atoms with Crippen LogP contribution in [0.3, 0.4) is 0 Å². The molecule has 1 aliphatic heterocycles. The Morgan fingerprint density at radius 1 is 1.50 bits per heavy atom. The molecule has 2 N–H and O–H groups in total. The predicted molar refractivity (Wildman–Crippen MR) is 66.0 cm³/mol. The number of halogens is 1. The summed E-state index contributed by atoms with van der Waals surface area (Å²) in [5, 5.41) is 5.87. The van der Waals surface area contributed by atoms with Crippen LogP contribution in [-0.4, -0.2) is 31.1 Å². The van der Waals surface area contributed by atoms with E-state index in [0.29, 0.717) is 11.6 Å². The molecule has 0 spiro atoms. The maximum atomic E-state index is 11.8. The van der Waals surface area contributed by atoms with Gasteiger partial charge in [-0.2, -0.15) is 0 Å². The third kappa shape index (κ3) is 3.21. The highest BCUT2D eigenvalue weighted by atomic mass is 35.5. The van der Waals surface area contributed by atoms with Crippen LogP contribution in [0.2, 0.25) is 5.02 Å².